The van der Waals surface area contributed by atoms with Crippen molar-refractivity contribution < 1.29 is 31.9 Å². The van der Waals surface area contributed by atoms with E-state index in [4.69, 9.17) is 9.15 Å². The molecule has 0 radical (unpaired) electrons. The predicted molar refractivity (Wildman–Crippen MR) is 157 cm³/mol. The highest BCUT2D eigenvalue weighted by atomic mass is 32.1. The molecule has 0 aliphatic heterocycles. The van der Waals surface area contributed by atoms with Gasteiger partial charge in [-0.2, -0.15) is 13.2 Å². The molecule has 3 amide bonds. The smallest absolute Gasteiger partial charge is 0.434 e. The molecule has 3 N–H and O–H groups in total. The highest BCUT2D eigenvalue weighted by molar-refractivity contribution is 7.13. The van der Waals surface area contributed by atoms with Gasteiger partial charge in [0.25, 0.3) is 0 Å². The number of hydrogen-bond acceptors (Lipinski definition) is 10. The number of hydrogen-bond donors (Lipinski definition) is 3. The van der Waals surface area contributed by atoms with Crippen molar-refractivity contribution in [3.05, 3.63) is 47.7 Å². The summed E-state index contributed by atoms with van der Waals surface area (Å²) in [5.41, 5.74) is -0.177. The molecule has 0 aliphatic rings. The van der Waals surface area contributed by atoms with Crippen LogP contribution in [0.5, 0.6) is 0 Å². The zero-order valence-corrected chi connectivity index (χ0v) is 25.6. The summed E-state index contributed by atoms with van der Waals surface area (Å²) in [5, 5.41) is 17.1. The summed E-state index contributed by atoms with van der Waals surface area (Å²) in [6, 6.07) is 1.93. The number of rotatable bonds is 8. The summed E-state index contributed by atoms with van der Waals surface area (Å²) in [5.74, 6) is 0.238. The lowest BCUT2D eigenvalue weighted by molar-refractivity contribution is -0.140. The molecular weight excluding hydrogens is 601 g/mol. The van der Waals surface area contributed by atoms with Crippen molar-refractivity contribution in [3.63, 3.8) is 0 Å². The van der Waals surface area contributed by atoms with E-state index in [0.29, 0.717) is 28.8 Å². The van der Waals surface area contributed by atoms with E-state index < -0.39 is 35.6 Å². The molecule has 4 aromatic heterocycles. The number of urea groups is 1. The number of amides is 3. The first kappa shape index (κ1) is 32.3. The van der Waals surface area contributed by atoms with Gasteiger partial charge >= 0.3 is 18.3 Å². The van der Waals surface area contributed by atoms with E-state index in [-0.39, 0.29) is 28.5 Å². The summed E-state index contributed by atoms with van der Waals surface area (Å²) >= 11 is 0.801. The van der Waals surface area contributed by atoms with Crippen molar-refractivity contribution in [3.8, 4) is 33.2 Å². The van der Waals surface area contributed by atoms with Crippen LogP contribution in [-0.4, -0.2) is 49.4 Å². The summed E-state index contributed by atoms with van der Waals surface area (Å²) in [6.45, 7) is 11.1. The van der Waals surface area contributed by atoms with Crippen molar-refractivity contribution in [1.82, 2.24) is 35.8 Å². The van der Waals surface area contributed by atoms with Gasteiger partial charge in [0.2, 0.25) is 11.8 Å². The predicted octanol–water partition coefficient (Wildman–Crippen LogP) is 6.70. The Kier molecular flexibility index (Phi) is 9.51. The lowest BCUT2D eigenvalue weighted by Gasteiger charge is -2.23. The van der Waals surface area contributed by atoms with Crippen molar-refractivity contribution in [2.24, 2.45) is 5.92 Å². The third-order valence-corrected chi connectivity index (χ3v) is 6.73. The fraction of sp³-hybridized carbons (Fsp3) is 0.393. The Labute approximate surface area is 254 Å². The van der Waals surface area contributed by atoms with Crippen LogP contribution in [0.25, 0.3) is 33.2 Å². The van der Waals surface area contributed by atoms with Gasteiger partial charge in [-0.05, 0) is 45.7 Å². The maximum Gasteiger partial charge on any atom is 0.434 e. The van der Waals surface area contributed by atoms with Gasteiger partial charge in [-0.1, -0.05) is 13.8 Å². The van der Waals surface area contributed by atoms with Gasteiger partial charge in [0.15, 0.2) is 5.69 Å². The molecule has 1 atom stereocenters. The number of halogens is 3. The van der Waals surface area contributed by atoms with Crippen LogP contribution in [0.4, 0.5) is 28.6 Å². The number of alkyl halides is 3. The quantitative estimate of drug-likeness (QED) is 0.192. The first-order valence-electron chi connectivity index (χ1n) is 13.5. The number of ether oxygens (including phenoxy) is 1. The van der Waals surface area contributed by atoms with E-state index in [1.54, 1.807) is 33.8 Å². The van der Waals surface area contributed by atoms with E-state index in [0.717, 1.165) is 16.7 Å². The molecule has 0 aliphatic carbocycles. The zero-order valence-electron chi connectivity index (χ0n) is 24.7. The van der Waals surface area contributed by atoms with Crippen LogP contribution in [0, 0.1) is 5.92 Å². The molecule has 234 valence electrons. The largest absolute Gasteiger partial charge is 0.444 e. The number of anilines is 1. The number of nitrogens with one attached hydrogen (secondary N) is 3. The number of carbonyl (C=O) groups is 2. The number of carbonyl (C=O) groups excluding carboxylic acids is 2. The van der Waals surface area contributed by atoms with Crippen molar-refractivity contribution in [2.45, 2.75) is 59.4 Å². The standard InChI is InChI=1S/C28H31F3N8O4S/c1-7-33-25(40)36-20-9-17(24-35-19(13-44-24)28(29,30)31)18(12-34-20)15-8-16(11-32-10-15)22-38-39-23(42-22)21(14(2)3)37-26(41)43-27(4,5)6/h8-14,21H,7H2,1-6H3,(H,37,41)(H2,33,34,36,40)/t21-/m1/s1. The third kappa shape index (κ3) is 8.06. The molecule has 16 heteroatoms. The first-order chi connectivity index (χ1) is 20.6. The van der Waals surface area contributed by atoms with Gasteiger partial charge in [0, 0.05) is 47.2 Å². The number of alkyl carbamates (subject to hydrolysis) is 1. The second-order valence-corrected chi connectivity index (χ2v) is 11.8. The maximum absolute atomic E-state index is 13.4. The second-order valence-electron chi connectivity index (χ2n) is 10.9. The van der Waals surface area contributed by atoms with Crippen molar-refractivity contribution in [2.75, 3.05) is 11.9 Å². The summed E-state index contributed by atoms with van der Waals surface area (Å²) in [4.78, 5) is 36.8. The van der Waals surface area contributed by atoms with E-state index in [9.17, 15) is 22.8 Å². The van der Waals surface area contributed by atoms with Crippen LogP contribution in [-0.2, 0) is 10.9 Å². The van der Waals surface area contributed by atoms with Crippen LogP contribution < -0.4 is 16.0 Å². The van der Waals surface area contributed by atoms with Crippen molar-refractivity contribution >= 4 is 29.3 Å². The zero-order chi connectivity index (χ0) is 32.2. The lowest BCUT2D eigenvalue weighted by atomic mass is 10.0. The highest BCUT2D eigenvalue weighted by Gasteiger charge is 2.34. The highest BCUT2D eigenvalue weighted by Crippen LogP contribution is 2.39. The molecule has 0 bridgehead atoms. The first-order valence-corrected chi connectivity index (χ1v) is 14.4. The Hall–Kier alpha value is -4.60. The Balaban J connectivity index is 1.70. The lowest BCUT2D eigenvalue weighted by Crippen LogP contribution is -2.37. The SMILES string of the molecule is CCNC(=O)Nc1cc(-c2nc(C(F)(F)F)cs2)c(-c2cncc(-c3nnc([C@H](NC(=O)OC(C)(C)C)C(C)C)o3)c2)cn1. The fourth-order valence-corrected chi connectivity index (χ4v) is 4.77. The minimum Gasteiger partial charge on any atom is -0.444 e. The van der Waals surface area contributed by atoms with Gasteiger partial charge in [0.1, 0.15) is 22.5 Å². The minimum absolute atomic E-state index is 0.0622. The van der Waals surface area contributed by atoms with Gasteiger partial charge in [-0.3, -0.25) is 10.3 Å². The van der Waals surface area contributed by atoms with E-state index in [2.05, 4.69) is 41.1 Å². The second kappa shape index (κ2) is 13.0. The van der Waals surface area contributed by atoms with Crippen LogP contribution >= 0.6 is 11.3 Å². The molecule has 0 saturated carbocycles. The van der Waals surface area contributed by atoms with Crippen LogP contribution in [0.2, 0.25) is 0 Å². The molecule has 4 rings (SSSR count). The molecular formula is C28H31F3N8O4S. The molecule has 0 aromatic carbocycles. The van der Waals surface area contributed by atoms with Gasteiger partial charge < -0.3 is 19.8 Å². The van der Waals surface area contributed by atoms with E-state index >= 15 is 0 Å². The minimum atomic E-state index is -4.63. The Morgan fingerprint density at radius 3 is 2.41 bits per heavy atom. The van der Waals surface area contributed by atoms with Gasteiger partial charge in [-0.25, -0.2) is 19.6 Å². The number of pyridine rings is 2. The summed E-state index contributed by atoms with van der Waals surface area (Å²) < 4.78 is 51.4. The molecule has 12 nitrogen and oxygen atoms in total. The monoisotopic (exact) mass is 632 g/mol. The molecule has 4 aromatic rings. The molecule has 4 heterocycles. The molecule has 0 fully saturated rings. The number of nitrogens with zero attached hydrogens (tertiary/aromatic N) is 5. The van der Waals surface area contributed by atoms with Crippen LogP contribution in [0.3, 0.4) is 0 Å². The average Bonchev–Trinajstić information content (AvgIpc) is 3.62. The normalized spacial score (nSPS) is 12.6. The van der Waals surface area contributed by atoms with Gasteiger partial charge in [0.05, 0.1) is 5.56 Å². The Morgan fingerprint density at radius 1 is 1.05 bits per heavy atom. The fourth-order valence-electron chi connectivity index (χ4n) is 3.91. The molecule has 44 heavy (non-hydrogen) atoms. The maximum atomic E-state index is 13.4. The topological polar surface area (TPSA) is 157 Å². The average molecular weight is 633 g/mol. The van der Waals surface area contributed by atoms with Crippen LogP contribution in [0.15, 0.2) is 40.5 Å². The summed E-state index contributed by atoms with van der Waals surface area (Å²) in [7, 11) is 0. The molecule has 0 saturated heterocycles. The molecule has 0 unspecified atom stereocenters. The Bertz CT molecular complexity index is 1630. The van der Waals surface area contributed by atoms with E-state index in [1.165, 1.54) is 24.7 Å². The third-order valence-electron chi connectivity index (χ3n) is 5.85. The summed E-state index contributed by atoms with van der Waals surface area (Å²) in [6.07, 6.45) is -0.883. The van der Waals surface area contributed by atoms with Crippen molar-refractivity contribution in [1.29, 1.82) is 0 Å². The van der Waals surface area contributed by atoms with Crippen LogP contribution in [0.1, 0.15) is 59.2 Å². The Morgan fingerprint density at radius 2 is 1.77 bits per heavy atom. The molecule has 0 spiro atoms. The number of thiazole rings is 1. The number of aromatic nitrogens is 5. The van der Waals surface area contributed by atoms with E-state index in [1.807, 2.05) is 13.8 Å². The van der Waals surface area contributed by atoms with Gasteiger partial charge in [-0.15, -0.1) is 21.5 Å².